The summed E-state index contributed by atoms with van der Waals surface area (Å²) < 4.78 is 1.61. The second-order valence-electron chi connectivity index (χ2n) is 6.54. The Morgan fingerprint density at radius 3 is 2.60 bits per heavy atom. The lowest BCUT2D eigenvalue weighted by molar-refractivity contribution is -0.119. The third kappa shape index (κ3) is 3.67. The van der Waals surface area contributed by atoms with Gasteiger partial charge in [0, 0.05) is 30.6 Å². The molecule has 0 spiro atoms. The quantitative estimate of drug-likeness (QED) is 0.878. The number of nitrogens with one attached hydrogen (secondary N) is 1. The molecule has 132 valence electrons. The maximum Gasteiger partial charge on any atom is 0.254 e. The van der Waals surface area contributed by atoms with Crippen LogP contribution in [0.4, 0.5) is 0 Å². The van der Waals surface area contributed by atoms with Crippen LogP contribution in [0.1, 0.15) is 42.9 Å². The first-order chi connectivity index (χ1) is 12.0. The van der Waals surface area contributed by atoms with E-state index in [0.29, 0.717) is 24.4 Å². The van der Waals surface area contributed by atoms with Gasteiger partial charge in [0.2, 0.25) is 5.91 Å². The molecule has 1 aliphatic rings. The van der Waals surface area contributed by atoms with E-state index in [1.54, 1.807) is 21.7 Å². The first-order valence-electron chi connectivity index (χ1n) is 8.41. The Kier molecular flexibility index (Phi) is 4.78. The third-order valence-corrected chi connectivity index (χ3v) is 4.37. The predicted octanol–water partition coefficient (Wildman–Crippen LogP) is 1.10. The lowest BCUT2D eigenvalue weighted by atomic mass is 10.1. The summed E-state index contributed by atoms with van der Waals surface area (Å²) >= 11 is 0. The van der Waals surface area contributed by atoms with Crippen molar-refractivity contribution < 1.29 is 9.59 Å². The van der Waals surface area contributed by atoms with Crippen molar-refractivity contribution in [2.45, 2.75) is 45.7 Å². The van der Waals surface area contributed by atoms with Crippen LogP contribution < -0.4 is 5.32 Å². The summed E-state index contributed by atoms with van der Waals surface area (Å²) in [5.74, 6) is 0.693. The number of amides is 2. The normalized spacial score (nSPS) is 17.0. The van der Waals surface area contributed by atoms with Crippen molar-refractivity contribution >= 4 is 11.8 Å². The Balaban J connectivity index is 1.75. The van der Waals surface area contributed by atoms with Gasteiger partial charge in [-0.05, 0) is 61.9 Å². The zero-order valence-corrected chi connectivity index (χ0v) is 14.6. The average molecular weight is 342 g/mol. The fourth-order valence-corrected chi connectivity index (χ4v) is 2.96. The number of rotatable bonds is 5. The number of aromatic nitrogens is 4. The largest absolute Gasteiger partial charge is 0.352 e. The second kappa shape index (κ2) is 7.00. The zero-order valence-electron chi connectivity index (χ0n) is 14.6. The molecule has 2 heterocycles. The number of benzene rings is 1. The molecule has 2 amide bonds. The van der Waals surface area contributed by atoms with Gasteiger partial charge in [0.1, 0.15) is 0 Å². The number of nitrogens with zero attached hydrogens (tertiary/aromatic N) is 5. The maximum atomic E-state index is 12.9. The van der Waals surface area contributed by atoms with Gasteiger partial charge in [0.25, 0.3) is 5.91 Å². The molecule has 1 fully saturated rings. The van der Waals surface area contributed by atoms with Gasteiger partial charge in [-0.15, -0.1) is 5.10 Å². The molecule has 8 nitrogen and oxygen atoms in total. The zero-order chi connectivity index (χ0) is 18.0. The van der Waals surface area contributed by atoms with Crippen molar-refractivity contribution in [1.29, 1.82) is 0 Å². The molecule has 25 heavy (non-hydrogen) atoms. The second-order valence-corrected chi connectivity index (χ2v) is 6.54. The molecular weight excluding hydrogens is 320 g/mol. The third-order valence-electron chi connectivity index (χ3n) is 4.37. The minimum atomic E-state index is -0.0452. The first kappa shape index (κ1) is 17.1. The molecule has 1 saturated heterocycles. The van der Waals surface area contributed by atoms with Crippen LogP contribution in [-0.2, 0) is 4.79 Å². The molecule has 0 aliphatic carbocycles. The molecule has 1 N–H and O–H groups in total. The molecule has 1 aliphatic heterocycles. The fourth-order valence-electron chi connectivity index (χ4n) is 2.96. The average Bonchev–Trinajstić information content (AvgIpc) is 3.20. The van der Waals surface area contributed by atoms with Gasteiger partial charge in [0.15, 0.2) is 5.82 Å². The molecule has 1 aromatic heterocycles. The van der Waals surface area contributed by atoms with Gasteiger partial charge in [-0.1, -0.05) is 0 Å². The Morgan fingerprint density at radius 1 is 1.36 bits per heavy atom. The molecule has 1 aromatic carbocycles. The first-order valence-corrected chi connectivity index (χ1v) is 8.41. The van der Waals surface area contributed by atoms with Crippen LogP contribution in [0.15, 0.2) is 24.3 Å². The summed E-state index contributed by atoms with van der Waals surface area (Å²) in [6.45, 7) is 6.30. The summed E-state index contributed by atoms with van der Waals surface area (Å²) in [4.78, 5) is 26.1. The van der Waals surface area contributed by atoms with E-state index >= 15 is 0 Å². The Labute approximate surface area is 146 Å². The van der Waals surface area contributed by atoms with Crippen molar-refractivity contribution in [2.24, 2.45) is 0 Å². The van der Waals surface area contributed by atoms with E-state index in [1.165, 1.54) is 0 Å². The highest BCUT2D eigenvalue weighted by atomic mass is 16.2. The summed E-state index contributed by atoms with van der Waals surface area (Å²) in [6.07, 6.45) is 1.30. The molecule has 1 unspecified atom stereocenters. The number of carbonyl (C=O) groups excluding carboxylic acids is 2. The lowest BCUT2D eigenvalue weighted by Crippen LogP contribution is -2.45. The number of aryl methyl sites for hydroxylation is 1. The summed E-state index contributed by atoms with van der Waals surface area (Å²) in [5.41, 5.74) is 1.41. The minimum absolute atomic E-state index is 0.0296. The lowest BCUT2D eigenvalue weighted by Gasteiger charge is -2.29. The van der Waals surface area contributed by atoms with Crippen LogP contribution in [0.5, 0.6) is 0 Å². The van der Waals surface area contributed by atoms with E-state index in [9.17, 15) is 9.59 Å². The van der Waals surface area contributed by atoms with Gasteiger partial charge in [-0.3, -0.25) is 9.59 Å². The van der Waals surface area contributed by atoms with E-state index in [4.69, 9.17) is 0 Å². The van der Waals surface area contributed by atoms with Gasteiger partial charge in [-0.2, -0.15) is 4.68 Å². The molecule has 1 atom stereocenters. The van der Waals surface area contributed by atoms with Crippen molar-refractivity contribution in [3.05, 3.63) is 35.7 Å². The molecule has 2 aromatic rings. The van der Waals surface area contributed by atoms with Crippen LogP contribution in [0.3, 0.4) is 0 Å². The Hall–Kier alpha value is -2.77. The van der Waals surface area contributed by atoms with Crippen molar-refractivity contribution in [2.75, 3.05) is 6.54 Å². The Bertz CT molecular complexity index is 768. The standard InChI is InChI=1S/C17H22N6O2/c1-11(2)22(10-14-6-9-16(24)18-14)17(25)13-4-7-15(8-5-13)23-12(3)19-20-21-23/h4-5,7-8,11,14H,6,9-10H2,1-3H3,(H,18,24). The topological polar surface area (TPSA) is 93.0 Å². The molecule has 0 saturated carbocycles. The van der Waals surface area contributed by atoms with E-state index in [2.05, 4.69) is 20.8 Å². The minimum Gasteiger partial charge on any atom is -0.352 e. The number of carbonyl (C=O) groups is 2. The van der Waals surface area contributed by atoms with Crippen LogP contribution >= 0.6 is 0 Å². The number of tetrazole rings is 1. The summed E-state index contributed by atoms with van der Waals surface area (Å²) in [7, 11) is 0. The summed E-state index contributed by atoms with van der Waals surface area (Å²) in [5, 5.41) is 14.3. The smallest absolute Gasteiger partial charge is 0.254 e. The van der Waals surface area contributed by atoms with Crippen molar-refractivity contribution in [3.8, 4) is 5.69 Å². The molecule has 3 rings (SSSR count). The molecular formula is C17H22N6O2. The van der Waals surface area contributed by atoms with Crippen molar-refractivity contribution in [1.82, 2.24) is 30.4 Å². The van der Waals surface area contributed by atoms with Crippen LogP contribution in [0.25, 0.3) is 5.69 Å². The molecule has 0 bridgehead atoms. The van der Waals surface area contributed by atoms with E-state index in [1.807, 2.05) is 32.9 Å². The van der Waals surface area contributed by atoms with Gasteiger partial charge in [0.05, 0.1) is 5.69 Å². The van der Waals surface area contributed by atoms with Crippen molar-refractivity contribution in [3.63, 3.8) is 0 Å². The predicted molar refractivity (Wildman–Crippen MR) is 91.2 cm³/mol. The summed E-state index contributed by atoms with van der Waals surface area (Å²) in [6, 6.07) is 7.29. The van der Waals surface area contributed by atoms with Gasteiger partial charge >= 0.3 is 0 Å². The highest BCUT2D eigenvalue weighted by Gasteiger charge is 2.27. The van der Waals surface area contributed by atoms with E-state index < -0.39 is 0 Å². The van der Waals surface area contributed by atoms with E-state index in [0.717, 1.165) is 12.1 Å². The highest BCUT2D eigenvalue weighted by molar-refractivity contribution is 5.94. The number of hydrogen-bond donors (Lipinski definition) is 1. The van der Waals surface area contributed by atoms with E-state index in [-0.39, 0.29) is 23.9 Å². The number of hydrogen-bond acceptors (Lipinski definition) is 5. The van der Waals surface area contributed by atoms with Crippen LogP contribution in [0.2, 0.25) is 0 Å². The SMILES string of the molecule is Cc1nnnn1-c1ccc(C(=O)N(CC2CCC(=O)N2)C(C)C)cc1. The monoisotopic (exact) mass is 342 g/mol. The molecule has 0 radical (unpaired) electrons. The van der Waals surface area contributed by atoms with Crippen LogP contribution in [-0.4, -0.2) is 55.5 Å². The maximum absolute atomic E-state index is 12.9. The van der Waals surface area contributed by atoms with Gasteiger partial charge in [-0.25, -0.2) is 0 Å². The van der Waals surface area contributed by atoms with Crippen LogP contribution in [0, 0.1) is 6.92 Å². The fraction of sp³-hybridized carbons (Fsp3) is 0.471. The Morgan fingerprint density at radius 2 is 2.08 bits per heavy atom. The molecule has 8 heteroatoms. The van der Waals surface area contributed by atoms with Gasteiger partial charge < -0.3 is 10.2 Å². The highest BCUT2D eigenvalue weighted by Crippen LogP contribution is 2.16.